The summed E-state index contributed by atoms with van der Waals surface area (Å²) in [5, 5.41) is 6.89. The summed E-state index contributed by atoms with van der Waals surface area (Å²) in [4.78, 5) is 27.0. The number of amides is 1. The van der Waals surface area contributed by atoms with Gasteiger partial charge in [-0.2, -0.15) is 4.31 Å². The average Bonchev–Trinajstić information content (AvgIpc) is 3.45. The molecule has 2 N–H and O–H groups in total. The minimum absolute atomic E-state index is 0.0986. The Morgan fingerprint density at radius 2 is 1.89 bits per heavy atom. The molecule has 2 aliphatic rings. The highest BCUT2D eigenvalue weighted by molar-refractivity contribution is 7.89. The van der Waals surface area contributed by atoms with Crippen molar-refractivity contribution in [2.45, 2.75) is 69.0 Å². The summed E-state index contributed by atoms with van der Waals surface area (Å²) in [6.07, 6.45) is 2.27. The van der Waals surface area contributed by atoms with Crippen molar-refractivity contribution in [1.82, 2.24) is 9.62 Å². The van der Waals surface area contributed by atoms with Crippen LogP contribution in [0.5, 0.6) is 0 Å². The number of hydrogen-bond acceptors (Lipinski definition) is 8. The highest BCUT2D eigenvalue weighted by atomic mass is 32.2. The van der Waals surface area contributed by atoms with Crippen LogP contribution >= 0.6 is 11.3 Å². The molecule has 0 spiro atoms. The second kappa shape index (κ2) is 10.1. The molecule has 3 heterocycles. The van der Waals surface area contributed by atoms with E-state index in [9.17, 15) is 18.0 Å². The van der Waals surface area contributed by atoms with Gasteiger partial charge in [0.05, 0.1) is 23.7 Å². The topological polar surface area (TPSA) is 114 Å². The predicted molar refractivity (Wildman–Crippen MR) is 143 cm³/mol. The quantitative estimate of drug-likeness (QED) is 0.506. The molecule has 1 fully saturated rings. The molecule has 37 heavy (non-hydrogen) atoms. The van der Waals surface area contributed by atoms with Crippen molar-refractivity contribution in [3.05, 3.63) is 45.8 Å². The molecule has 1 aromatic carbocycles. The molecule has 202 valence electrons. The van der Waals surface area contributed by atoms with Crippen molar-refractivity contribution >= 4 is 38.2 Å². The Labute approximate surface area is 222 Å². The monoisotopic (exact) mass is 549 g/mol. The summed E-state index contributed by atoms with van der Waals surface area (Å²) in [6.45, 7) is 9.17. The third-order valence-corrected chi connectivity index (χ3v) is 10.1. The molecule has 0 saturated carbocycles. The number of likely N-dealkylation sites (N-methyl/N-ethyl adjacent to an activating group) is 1. The largest absolute Gasteiger partial charge is 0.465 e. The standard InChI is InChI=1S/C26H35N3O6S2/c1-25(2)14-19-20(24(31)34-6)23(36-21(19)26(3,4)28-25)27-22(30)16-9-11-18(12-10-16)37(32,33)29(5)15-17-8-7-13-35-17/h9-12,17,28H,7-8,13-15H2,1-6H3,(H,27,30)/t17-/m1/s1. The summed E-state index contributed by atoms with van der Waals surface area (Å²) in [5.74, 6) is -0.942. The zero-order valence-corrected chi connectivity index (χ0v) is 23.8. The van der Waals surface area contributed by atoms with Crippen molar-refractivity contribution < 1.29 is 27.5 Å². The van der Waals surface area contributed by atoms with Crippen molar-refractivity contribution in [1.29, 1.82) is 0 Å². The van der Waals surface area contributed by atoms with Gasteiger partial charge in [0.2, 0.25) is 10.0 Å². The van der Waals surface area contributed by atoms with Crippen molar-refractivity contribution in [2.75, 3.05) is 32.6 Å². The summed E-state index contributed by atoms with van der Waals surface area (Å²) in [6, 6.07) is 5.79. The second-order valence-electron chi connectivity index (χ2n) is 10.8. The van der Waals surface area contributed by atoms with Crippen LogP contribution in [0.15, 0.2) is 29.2 Å². The molecule has 1 atom stereocenters. The number of carbonyl (C=O) groups is 2. The van der Waals surface area contributed by atoms with E-state index in [4.69, 9.17) is 9.47 Å². The molecule has 1 amide bonds. The van der Waals surface area contributed by atoms with E-state index < -0.39 is 27.4 Å². The van der Waals surface area contributed by atoms with Crippen LogP contribution in [-0.4, -0.2) is 63.6 Å². The number of hydrogen-bond donors (Lipinski definition) is 2. The van der Waals surface area contributed by atoms with Crippen LogP contribution in [0, 0.1) is 0 Å². The molecule has 2 aliphatic heterocycles. The molecule has 2 aromatic rings. The number of anilines is 1. The SMILES string of the molecule is COC(=O)c1c(NC(=O)c2ccc(S(=O)(=O)N(C)C[C@H]3CCCO3)cc2)sc2c1CC(C)(C)NC2(C)C. The van der Waals surface area contributed by atoms with Gasteiger partial charge in [-0.05, 0) is 76.8 Å². The molecule has 0 aliphatic carbocycles. The molecule has 0 radical (unpaired) electrons. The number of nitrogens with one attached hydrogen (secondary N) is 2. The predicted octanol–water partition coefficient (Wildman–Crippen LogP) is 3.75. The van der Waals surface area contributed by atoms with Crippen LogP contribution in [0.25, 0.3) is 0 Å². The van der Waals surface area contributed by atoms with Gasteiger partial charge in [-0.15, -0.1) is 11.3 Å². The minimum atomic E-state index is -3.72. The fourth-order valence-electron chi connectivity index (χ4n) is 5.24. The van der Waals surface area contributed by atoms with E-state index in [0.29, 0.717) is 23.6 Å². The molecular formula is C26H35N3O6S2. The van der Waals surface area contributed by atoms with Gasteiger partial charge in [-0.3, -0.25) is 4.79 Å². The van der Waals surface area contributed by atoms with E-state index in [0.717, 1.165) is 23.3 Å². The number of fused-ring (bicyclic) bond motifs is 1. The molecule has 1 aromatic heterocycles. The smallest absolute Gasteiger partial charge is 0.341 e. The molecular weight excluding hydrogens is 514 g/mol. The maximum absolute atomic E-state index is 13.2. The molecule has 11 heteroatoms. The lowest BCUT2D eigenvalue weighted by atomic mass is 9.81. The number of ether oxygens (including phenoxy) is 2. The molecule has 0 unspecified atom stereocenters. The molecule has 4 rings (SSSR count). The second-order valence-corrected chi connectivity index (χ2v) is 13.9. The van der Waals surface area contributed by atoms with Gasteiger partial charge in [0, 0.05) is 41.7 Å². The third-order valence-electron chi connectivity index (χ3n) is 6.77. The van der Waals surface area contributed by atoms with E-state index in [1.165, 1.54) is 54.1 Å². The number of esters is 1. The van der Waals surface area contributed by atoms with Gasteiger partial charge >= 0.3 is 5.97 Å². The average molecular weight is 550 g/mol. The summed E-state index contributed by atoms with van der Waals surface area (Å²) >= 11 is 1.35. The minimum Gasteiger partial charge on any atom is -0.465 e. The van der Waals surface area contributed by atoms with E-state index >= 15 is 0 Å². The zero-order chi connectivity index (χ0) is 27.2. The normalized spacial score (nSPS) is 20.5. The number of nitrogens with zero attached hydrogens (tertiary/aromatic N) is 1. The van der Waals surface area contributed by atoms with Crippen molar-refractivity contribution in [3.8, 4) is 0 Å². The Morgan fingerprint density at radius 3 is 2.49 bits per heavy atom. The number of rotatable bonds is 7. The Bertz CT molecular complexity index is 1290. The van der Waals surface area contributed by atoms with Crippen LogP contribution in [0.4, 0.5) is 5.00 Å². The fourth-order valence-corrected chi connectivity index (χ4v) is 7.70. The maximum atomic E-state index is 13.2. The Hall–Kier alpha value is -2.31. The van der Waals surface area contributed by atoms with Crippen LogP contribution in [0.1, 0.15) is 71.7 Å². The molecule has 9 nitrogen and oxygen atoms in total. The lowest BCUT2D eigenvalue weighted by Gasteiger charge is -2.42. The summed E-state index contributed by atoms with van der Waals surface area (Å²) < 4.78 is 37.9. The van der Waals surface area contributed by atoms with Gasteiger partial charge in [0.1, 0.15) is 5.00 Å². The maximum Gasteiger partial charge on any atom is 0.341 e. The Kier molecular flexibility index (Phi) is 7.57. The van der Waals surface area contributed by atoms with Crippen molar-refractivity contribution in [2.24, 2.45) is 0 Å². The highest BCUT2D eigenvalue weighted by Gasteiger charge is 2.42. The number of benzene rings is 1. The van der Waals surface area contributed by atoms with Crippen LogP contribution < -0.4 is 10.6 Å². The van der Waals surface area contributed by atoms with Gasteiger partial charge < -0.3 is 20.1 Å². The first-order valence-electron chi connectivity index (χ1n) is 12.3. The van der Waals surface area contributed by atoms with E-state index in [1.807, 2.05) is 13.8 Å². The summed E-state index contributed by atoms with van der Waals surface area (Å²) in [5.41, 5.74) is 0.865. The first-order chi connectivity index (χ1) is 17.2. The van der Waals surface area contributed by atoms with Crippen LogP contribution in [0.3, 0.4) is 0 Å². The first-order valence-corrected chi connectivity index (χ1v) is 14.5. The van der Waals surface area contributed by atoms with Gasteiger partial charge in [-0.25, -0.2) is 13.2 Å². The first kappa shape index (κ1) is 27.7. The molecule has 1 saturated heterocycles. The summed E-state index contributed by atoms with van der Waals surface area (Å²) in [7, 11) is -0.866. The third kappa shape index (κ3) is 5.61. The number of methoxy groups -OCH3 is 1. The van der Waals surface area contributed by atoms with E-state index in [-0.39, 0.29) is 28.6 Å². The van der Waals surface area contributed by atoms with Gasteiger partial charge in [0.25, 0.3) is 5.91 Å². The lowest BCUT2D eigenvalue weighted by Crippen LogP contribution is -2.55. The zero-order valence-electron chi connectivity index (χ0n) is 22.1. The van der Waals surface area contributed by atoms with Crippen LogP contribution in [-0.2, 0) is 31.5 Å². The lowest BCUT2D eigenvalue weighted by molar-refractivity contribution is 0.0600. The van der Waals surface area contributed by atoms with Crippen LogP contribution in [0.2, 0.25) is 0 Å². The van der Waals surface area contributed by atoms with Crippen molar-refractivity contribution in [3.63, 3.8) is 0 Å². The van der Waals surface area contributed by atoms with E-state index in [1.54, 1.807) is 0 Å². The number of sulfonamides is 1. The van der Waals surface area contributed by atoms with E-state index in [2.05, 4.69) is 24.5 Å². The Balaban J connectivity index is 1.57. The fraction of sp³-hybridized carbons (Fsp3) is 0.538. The number of carbonyl (C=O) groups excluding carboxylic acids is 2. The van der Waals surface area contributed by atoms with Gasteiger partial charge in [0.15, 0.2) is 0 Å². The van der Waals surface area contributed by atoms with Gasteiger partial charge in [-0.1, -0.05) is 0 Å². The molecule has 0 bridgehead atoms. The Morgan fingerprint density at radius 1 is 1.22 bits per heavy atom. The highest BCUT2D eigenvalue weighted by Crippen LogP contribution is 2.45. The number of thiophene rings is 1.